The Morgan fingerprint density at radius 2 is 2.09 bits per heavy atom. The van der Waals surface area contributed by atoms with Crippen LogP contribution >= 0.6 is 0 Å². The van der Waals surface area contributed by atoms with Crippen molar-refractivity contribution in [1.82, 2.24) is 0 Å². The first kappa shape index (κ1) is 16.8. The molecule has 3 rings (SSSR count). The van der Waals surface area contributed by atoms with Crippen molar-refractivity contribution in [2.75, 3.05) is 13.2 Å². The number of fused-ring (bicyclic) bond motifs is 1. The topological polar surface area (TPSA) is 46.5 Å². The van der Waals surface area contributed by atoms with Crippen LogP contribution in [0.1, 0.15) is 65.7 Å². The van der Waals surface area contributed by atoms with Gasteiger partial charge in [0.05, 0.1) is 0 Å². The number of carbonyl (C=O) groups is 1. The van der Waals surface area contributed by atoms with E-state index in [-0.39, 0.29) is 23.4 Å². The van der Waals surface area contributed by atoms with Crippen molar-refractivity contribution < 1.29 is 14.6 Å². The van der Waals surface area contributed by atoms with Crippen LogP contribution in [0, 0.1) is 16.7 Å². The highest BCUT2D eigenvalue weighted by atomic mass is 16.5. The number of hydrogen-bond donors (Lipinski definition) is 1. The second-order valence-corrected chi connectivity index (χ2v) is 8.26. The molecule has 3 heteroatoms. The van der Waals surface area contributed by atoms with Gasteiger partial charge in [0.25, 0.3) is 0 Å². The summed E-state index contributed by atoms with van der Waals surface area (Å²) in [5.74, 6) is 0.418. The van der Waals surface area contributed by atoms with E-state index in [1.165, 1.54) is 24.8 Å². The molecular weight excluding hydrogens is 288 g/mol. The van der Waals surface area contributed by atoms with Crippen molar-refractivity contribution >= 4 is 5.97 Å². The maximum absolute atomic E-state index is 11.7. The Bertz CT molecular complexity index is 559. The molecule has 3 nitrogen and oxygen atoms in total. The largest absolute Gasteiger partial charge is 0.458 e. The summed E-state index contributed by atoms with van der Waals surface area (Å²) in [6, 6.07) is 0. The number of ether oxygens (including phenoxy) is 1. The van der Waals surface area contributed by atoms with Crippen molar-refractivity contribution in [3.05, 3.63) is 22.8 Å². The van der Waals surface area contributed by atoms with Gasteiger partial charge in [-0.2, -0.15) is 0 Å². The van der Waals surface area contributed by atoms with E-state index in [0.717, 1.165) is 31.3 Å². The highest BCUT2D eigenvalue weighted by Gasteiger charge is 2.51. The molecule has 1 saturated carbocycles. The Labute approximate surface area is 139 Å². The Hall–Kier alpha value is -1.09. The first-order valence-corrected chi connectivity index (χ1v) is 9.07. The third-order valence-electron chi connectivity index (χ3n) is 6.88. The van der Waals surface area contributed by atoms with Crippen LogP contribution in [-0.2, 0) is 9.53 Å². The zero-order chi connectivity index (χ0) is 16.7. The number of aliphatic hydroxyl groups excluding tert-OH is 1. The van der Waals surface area contributed by atoms with E-state index in [1.807, 2.05) is 6.08 Å². The van der Waals surface area contributed by atoms with Gasteiger partial charge in [-0.1, -0.05) is 31.4 Å². The number of allylic oxidation sites excluding steroid dienone is 2. The van der Waals surface area contributed by atoms with Gasteiger partial charge < -0.3 is 9.84 Å². The fourth-order valence-electron chi connectivity index (χ4n) is 5.55. The lowest BCUT2D eigenvalue weighted by molar-refractivity contribution is -0.136. The average molecular weight is 318 g/mol. The molecule has 1 fully saturated rings. The lowest BCUT2D eigenvalue weighted by Crippen LogP contribution is -2.48. The summed E-state index contributed by atoms with van der Waals surface area (Å²) in [6.45, 7) is 7.67. The normalized spacial score (nSPS) is 37.5. The Balaban J connectivity index is 1.84. The molecule has 0 amide bonds. The molecule has 0 aromatic rings. The standard InChI is InChI=1S/C20H30O3/c1-14-5-8-17-19(2,13-21)10-4-11-20(17,3)16(14)7-6-15-9-12-23-18(15)22/h9,17,21H,4-8,10-13H2,1-3H3/t17-,19-,20-/m0/s1. The zero-order valence-electron chi connectivity index (χ0n) is 14.8. The van der Waals surface area contributed by atoms with Crippen molar-refractivity contribution in [2.24, 2.45) is 16.7 Å². The van der Waals surface area contributed by atoms with Crippen LogP contribution in [0.5, 0.6) is 0 Å². The van der Waals surface area contributed by atoms with Gasteiger partial charge in [-0.3, -0.25) is 0 Å². The van der Waals surface area contributed by atoms with Crippen LogP contribution in [-0.4, -0.2) is 24.3 Å². The molecule has 0 saturated heterocycles. The predicted molar refractivity (Wildman–Crippen MR) is 90.9 cm³/mol. The van der Waals surface area contributed by atoms with Gasteiger partial charge in [-0.05, 0) is 68.3 Å². The number of aliphatic hydroxyl groups is 1. The summed E-state index contributed by atoms with van der Waals surface area (Å²) in [4.78, 5) is 11.7. The van der Waals surface area contributed by atoms with E-state index in [4.69, 9.17) is 4.74 Å². The summed E-state index contributed by atoms with van der Waals surface area (Å²) in [7, 11) is 0. The molecule has 0 unspecified atom stereocenters. The molecule has 0 aromatic heterocycles. The van der Waals surface area contributed by atoms with Crippen molar-refractivity contribution in [3.63, 3.8) is 0 Å². The summed E-state index contributed by atoms with van der Waals surface area (Å²) in [6.07, 6.45) is 9.54. The van der Waals surface area contributed by atoms with Crippen LogP contribution < -0.4 is 0 Å². The molecular formula is C20H30O3. The third-order valence-corrected chi connectivity index (χ3v) is 6.88. The van der Waals surface area contributed by atoms with Crippen LogP contribution in [0.2, 0.25) is 0 Å². The van der Waals surface area contributed by atoms with Gasteiger partial charge in [-0.15, -0.1) is 0 Å². The predicted octanol–water partition coefficient (Wildman–Crippen LogP) is 4.17. The van der Waals surface area contributed by atoms with E-state index >= 15 is 0 Å². The van der Waals surface area contributed by atoms with Gasteiger partial charge >= 0.3 is 5.97 Å². The molecule has 0 spiro atoms. The van der Waals surface area contributed by atoms with E-state index in [2.05, 4.69) is 20.8 Å². The Kier molecular flexibility index (Phi) is 4.43. The summed E-state index contributed by atoms with van der Waals surface area (Å²) >= 11 is 0. The molecule has 1 N–H and O–H groups in total. The third kappa shape index (κ3) is 2.77. The van der Waals surface area contributed by atoms with Crippen molar-refractivity contribution in [1.29, 1.82) is 0 Å². The molecule has 0 bridgehead atoms. The molecule has 2 aliphatic carbocycles. The summed E-state index contributed by atoms with van der Waals surface area (Å²) in [5.41, 5.74) is 4.13. The second kappa shape index (κ2) is 6.08. The van der Waals surface area contributed by atoms with Gasteiger partial charge in [-0.25, -0.2) is 4.79 Å². The number of hydrogen-bond acceptors (Lipinski definition) is 3. The van der Waals surface area contributed by atoms with Gasteiger partial charge in [0.1, 0.15) is 6.61 Å². The second-order valence-electron chi connectivity index (χ2n) is 8.26. The van der Waals surface area contributed by atoms with Crippen molar-refractivity contribution in [3.8, 4) is 0 Å². The molecule has 1 heterocycles. The van der Waals surface area contributed by atoms with Gasteiger partial charge in [0.15, 0.2) is 0 Å². The smallest absolute Gasteiger partial charge is 0.334 e. The lowest BCUT2D eigenvalue weighted by atomic mass is 9.49. The minimum absolute atomic E-state index is 0.0461. The fourth-order valence-corrected chi connectivity index (χ4v) is 5.55. The monoisotopic (exact) mass is 318 g/mol. The molecule has 0 aromatic carbocycles. The number of rotatable bonds is 4. The number of carbonyl (C=O) groups excluding carboxylic acids is 1. The van der Waals surface area contributed by atoms with Crippen LogP contribution in [0.4, 0.5) is 0 Å². The molecule has 23 heavy (non-hydrogen) atoms. The SMILES string of the molecule is CC1=C(CCC2=CCOC2=O)[C@]2(C)CCC[C@@](C)(CO)[C@@H]2CC1. The van der Waals surface area contributed by atoms with Crippen molar-refractivity contribution in [2.45, 2.75) is 65.7 Å². The maximum Gasteiger partial charge on any atom is 0.334 e. The average Bonchev–Trinajstić information content (AvgIpc) is 2.91. The summed E-state index contributed by atoms with van der Waals surface area (Å²) < 4.78 is 5.03. The molecule has 1 aliphatic heterocycles. The fraction of sp³-hybridized carbons (Fsp3) is 0.750. The number of esters is 1. The van der Waals surface area contributed by atoms with E-state index < -0.39 is 0 Å². The lowest BCUT2D eigenvalue weighted by Gasteiger charge is -2.56. The maximum atomic E-state index is 11.7. The highest BCUT2D eigenvalue weighted by Crippen LogP contribution is 2.60. The highest BCUT2D eigenvalue weighted by molar-refractivity contribution is 5.90. The van der Waals surface area contributed by atoms with E-state index in [0.29, 0.717) is 12.5 Å². The molecule has 3 aliphatic rings. The Morgan fingerprint density at radius 3 is 2.74 bits per heavy atom. The molecule has 3 atom stereocenters. The summed E-state index contributed by atoms with van der Waals surface area (Å²) in [5, 5.41) is 10.0. The molecule has 128 valence electrons. The van der Waals surface area contributed by atoms with Gasteiger partial charge in [0, 0.05) is 12.2 Å². The Morgan fingerprint density at radius 1 is 1.30 bits per heavy atom. The molecule has 0 radical (unpaired) electrons. The van der Waals surface area contributed by atoms with Crippen LogP contribution in [0.15, 0.2) is 22.8 Å². The minimum Gasteiger partial charge on any atom is -0.458 e. The van der Waals surface area contributed by atoms with Gasteiger partial charge in [0.2, 0.25) is 0 Å². The quantitative estimate of drug-likeness (QED) is 0.625. The zero-order valence-corrected chi connectivity index (χ0v) is 14.8. The van der Waals surface area contributed by atoms with Crippen LogP contribution in [0.3, 0.4) is 0 Å². The first-order chi connectivity index (χ1) is 10.9. The number of cyclic esters (lactones) is 1. The van der Waals surface area contributed by atoms with E-state index in [9.17, 15) is 9.90 Å². The van der Waals surface area contributed by atoms with E-state index in [1.54, 1.807) is 5.57 Å². The minimum atomic E-state index is -0.135. The van der Waals surface area contributed by atoms with Crippen LogP contribution in [0.25, 0.3) is 0 Å². The first-order valence-electron chi connectivity index (χ1n) is 9.07.